The van der Waals surface area contributed by atoms with Gasteiger partial charge in [0.2, 0.25) is 0 Å². The van der Waals surface area contributed by atoms with Gasteiger partial charge >= 0.3 is 5.97 Å². The van der Waals surface area contributed by atoms with Gasteiger partial charge in [-0.3, -0.25) is 9.19 Å². The van der Waals surface area contributed by atoms with Crippen molar-refractivity contribution in [1.29, 1.82) is 0 Å². The summed E-state index contributed by atoms with van der Waals surface area (Å²) in [5.74, 6) is -1.73. The molecule has 2 rings (SSSR count). The zero-order chi connectivity index (χ0) is 13.8. The molecule has 0 saturated heterocycles. The molecule has 1 N–H and O–H groups in total. The van der Waals surface area contributed by atoms with Gasteiger partial charge in [0.1, 0.15) is 5.82 Å². The molecule has 1 aromatic carbocycles. The molecule has 0 aliphatic rings. The predicted octanol–water partition coefficient (Wildman–Crippen LogP) is 2.23. The minimum Gasteiger partial charge on any atom is -0.478 e. The van der Waals surface area contributed by atoms with E-state index in [-0.39, 0.29) is 16.2 Å². The molecule has 1 aromatic heterocycles. The molecule has 1 unspecified atom stereocenters. The Morgan fingerprint density at radius 2 is 1.95 bits per heavy atom. The van der Waals surface area contributed by atoms with Crippen molar-refractivity contribution in [3.8, 4) is 0 Å². The van der Waals surface area contributed by atoms with Crippen LogP contribution < -0.4 is 0 Å². The summed E-state index contributed by atoms with van der Waals surface area (Å²) < 4.78 is 25.7. The molecule has 0 aliphatic carbocycles. The number of carbonyl (C=O) groups is 1. The second-order valence-corrected chi connectivity index (χ2v) is 5.22. The lowest BCUT2D eigenvalue weighted by Gasteiger charge is -2.05. The van der Waals surface area contributed by atoms with Gasteiger partial charge in [0, 0.05) is 12.4 Å². The molecule has 1 heterocycles. The van der Waals surface area contributed by atoms with E-state index in [4.69, 9.17) is 5.11 Å². The van der Waals surface area contributed by atoms with Gasteiger partial charge in [0.15, 0.2) is 0 Å². The summed E-state index contributed by atoms with van der Waals surface area (Å²) in [6, 6.07) is 6.62. The Morgan fingerprint density at radius 3 is 2.58 bits per heavy atom. The van der Waals surface area contributed by atoms with Gasteiger partial charge in [-0.15, -0.1) is 0 Å². The molecule has 0 radical (unpaired) electrons. The van der Waals surface area contributed by atoms with Crippen LogP contribution in [0.2, 0.25) is 0 Å². The van der Waals surface area contributed by atoms with Crippen LogP contribution in [-0.4, -0.2) is 20.3 Å². The second-order valence-electron chi connectivity index (χ2n) is 3.80. The van der Waals surface area contributed by atoms with Crippen LogP contribution in [-0.2, 0) is 16.6 Å². The quantitative estimate of drug-likeness (QED) is 0.932. The largest absolute Gasteiger partial charge is 0.478 e. The number of hydrogen-bond donors (Lipinski definition) is 1. The van der Waals surface area contributed by atoms with Crippen molar-refractivity contribution in [3.63, 3.8) is 0 Å². The number of carboxylic acids is 1. The Bertz CT molecular complexity index is 631. The van der Waals surface area contributed by atoms with Crippen LogP contribution in [0.1, 0.15) is 15.9 Å². The Balaban J connectivity index is 2.28. The number of pyridine rings is 1. The van der Waals surface area contributed by atoms with E-state index in [1.165, 1.54) is 0 Å². The fourth-order valence-corrected chi connectivity index (χ4v) is 2.71. The molecular formula is C13H10FNO3S. The summed E-state index contributed by atoms with van der Waals surface area (Å²) >= 11 is 0. The third-order valence-corrected chi connectivity index (χ3v) is 3.87. The molecule has 2 aromatic rings. The number of rotatable bonds is 4. The molecule has 1 atom stereocenters. The molecule has 4 nitrogen and oxygen atoms in total. The van der Waals surface area contributed by atoms with Crippen LogP contribution in [0.25, 0.3) is 0 Å². The van der Waals surface area contributed by atoms with Crippen LogP contribution in [0.5, 0.6) is 0 Å². The summed E-state index contributed by atoms with van der Waals surface area (Å²) in [6.45, 7) is 0. The van der Waals surface area contributed by atoms with Gasteiger partial charge in [0.25, 0.3) is 0 Å². The monoisotopic (exact) mass is 279 g/mol. The minimum absolute atomic E-state index is 0.0838. The minimum atomic E-state index is -1.64. The number of hydrogen-bond acceptors (Lipinski definition) is 3. The maximum Gasteiger partial charge on any atom is 0.335 e. The van der Waals surface area contributed by atoms with Gasteiger partial charge in [-0.1, -0.05) is 0 Å². The van der Waals surface area contributed by atoms with Gasteiger partial charge in [-0.2, -0.15) is 0 Å². The first-order valence-corrected chi connectivity index (χ1v) is 6.70. The van der Waals surface area contributed by atoms with Crippen LogP contribution in [0.15, 0.2) is 47.6 Å². The molecule has 0 saturated carbocycles. The second kappa shape index (κ2) is 5.71. The maximum absolute atomic E-state index is 13.6. The zero-order valence-corrected chi connectivity index (χ0v) is 10.6. The van der Waals surface area contributed by atoms with E-state index in [9.17, 15) is 13.4 Å². The molecule has 19 heavy (non-hydrogen) atoms. The number of aromatic nitrogens is 1. The average Bonchev–Trinajstić information content (AvgIpc) is 2.40. The third kappa shape index (κ3) is 3.23. The standard InChI is InChI=1S/C13H10FNO3S/c14-11-2-1-10(13(16)17)7-12(11)19(18)8-9-3-5-15-6-4-9/h1-7H,8H2,(H,16,17). The molecular weight excluding hydrogens is 269 g/mol. The fraction of sp³-hybridized carbons (Fsp3) is 0.0769. The number of aromatic carboxylic acids is 1. The predicted molar refractivity (Wildman–Crippen MR) is 67.7 cm³/mol. The highest BCUT2D eigenvalue weighted by Gasteiger charge is 2.14. The van der Waals surface area contributed by atoms with Crippen LogP contribution in [0.3, 0.4) is 0 Å². The van der Waals surface area contributed by atoms with E-state index in [0.29, 0.717) is 0 Å². The van der Waals surface area contributed by atoms with Crippen molar-refractivity contribution in [2.75, 3.05) is 0 Å². The molecule has 0 amide bonds. The zero-order valence-electron chi connectivity index (χ0n) is 9.75. The number of nitrogens with zero attached hydrogens (tertiary/aromatic N) is 1. The molecule has 0 fully saturated rings. The highest BCUT2D eigenvalue weighted by Crippen LogP contribution is 2.18. The molecule has 0 spiro atoms. The summed E-state index contributed by atoms with van der Waals surface area (Å²) in [4.78, 5) is 14.5. The van der Waals surface area contributed by atoms with Crippen molar-refractivity contribution >= 4 is 16.8 Å². The van der Waals surface area contributed by atoms with E-state index < -0.39 is 22.6 Å². The molecule has 98 valence electrons. The Labute approximate surface area is 111 Å². The fourth-order valence-electron chi connectivity index (χ4n) is 1.52. The number of carboxylic acid groups (broad SMARTS) is 1. The molecule has 6 heteroatoms. The van der Waals surface area contributed by atoms with Crippen molar-refractivity contribution in [2.24, 2.45) is 0 Å². The van der Waals surface area contributed by atoms with E-state index in [2.05, 4.69) is 4.98 Å². The van der Waals surface area contributed by atoms with E-state index in [1.54, 1.807) is 24.5 Å². The Kier molecular flexibility index (Phi) is 4.01. The van der Waals surface area contributed by atoms with Crippen LogP contribution in [0, 0.1) is 5.82 Å². The number of benzene rings is 1. The Morgan fingerprint density at radius 1 is 1.26 bits per heavy atom. The average molecular weight is 279 g/mol. The van der Waals surface area contributed by atoms with Crippen molar-refractivity contribution in [1.82, 2.24) is 4.98 Å². The van der Waals surface area contributed by atoms with E-state index in [1.807, 2.05) is 0 Å². The van der Waals surface area contributed by atoms with Crippen LogP contribution >= 0.6 is 0 Å². The Hall–Kier alpha value is -2.08. The summed E-state index contributed by atoms with van der Waals surface area (Å²) in [5, 5.41) is 8.84. The van der Waals surface area contributed by atoms with Gasteiger partial charge < -0.3 is 5.11 Å². The summed E-state index contributed by atoms with van der Waals surface area (Å²) in [7, 11) is -1.64. The molecule has 0 aliphatic heterocycles. The summed E-state index contributed by atoms with van der Waals surface area (Å²) in [6.07, 6.45) is 3.10. The normalized spacial score (nSPS) is 12.1. The lowest BCUT2D eigenvalue weighted by molar-refractivity contribution is 0.0696. The SMILES string of the molecule is O=C(O)c1ccc(F)c(S(=O)Cc2ccncc2)c1. The van der Waals surface area contributed by atoms with Crippen molar-refractivity contribution in [2.45, 2.75) is 10.6 Å². The molecule has 0 bridgehead atoms. The topological polar surface area (TPSA) is 67.3 Å². The first kappa shape index (κ1) is 13.4. The lowest BCUT2D eigenvalue weighted by Crippen LogP contribution is -2.03. The van der Waals surface area contributed by atoms with E-state index in [0.717, 1.165) is 23.8 Å². The highest BCUT2D eigenvalue weighted by molar-refractivity contribution is 7.84. The summed E-state index contributed by atoms with van der Waals surface area (Å²) in [5.41, 5.74) is 0.660. The first-order chi connectivity index (χ1) is 9.08. The smallest absolute Gasteiger partial charge is 0.335 e. The van der Waals surface area contributed by atoms with Gasteiger partial charge in [-0.05, 0) is 35.9 Å². The number of halogens is 1. The van der Waals surface area contributed by atoms with Gasteiger partial charge in [-0.25, -0.2) is 9.18 Å². The van der Waals surface area contributed by atoms with Crippen LogP contribution in [0.4, 0.5) is 4.39 Å². The highest BCUT2D eigenvalue weighted by atomic mass is 32.2. The first-order valence-electron chi connectivity index (χ1n) is 5.38. The third-order valence-electron chi connectivity index (χ3n) is 2.47. The van der Waals surface area contributed by atoms with Gasteiger partial charge in [0.05, 0.1) is 27.0 Å². The maximum atomic E-state index is 13.6. The van der Waals surface area contributed by atoms with Crippen molar-refractivity contribution < 1.29 is 18.5 Å². The van der Waals surface area contributed by atoms with Crippen molar-refractivity contribution in [3.05, 3.63) is 59.7 Å². The van der Waals surface area contributed by atoms with E-state index >= 15 is 0 Å². The lowest BCUT2D eigenvalue weighted by atomic mass is 10.2.